The Kier molecular flexibility index (Phi) is 5.74. The van der Waals surface area contributed by atoms with E-state index in [2.05, 4.69) is 18.2 Å². The van der Waals surface area contributed by atoms with Crippen molar-refractivity contribution in [3.63, 3.8) is 0 Å². The van der Waals surface area contributed by atoms with Crippen molar-refractivity contribution >= 4 is 65.7 Å². The molecule has 0 aliphatic rings. The van der Waals surface area contributed by atoms with Gasteiger partial charge in [-0.05, 0) is 75.8 Å². The highest BCUT2D eigenvalue weighted by Gasteiger charge is 2.23. The lowest BCUT2D eigenvalue weighted by Gasteiger charge is -2.12. The van der Waals surface area contributed by atoms with Crippen LogP contribution < -0.4 is 0 Å². The molecular weight excluding hydrogens is 773 g/mol. The molecular formula is C57H34N4O2. The van der Waals surface area contributed by atoms with Crippen LogP contribution in [0.25, 0.3) is 128 Å². The molecule has 294 valence electrons. The number of para-hydroxylation sites is 1. The Labute approximate surface area is 376 Å². The number of furan rings is 2. The van der Waals surface area contributed by atoms with Gasteiger partial charge in [0.1, 0.15) is 22.3 Å². The molecule has 0 aliphatic heterocycles. The van der Waals surface area contributed by atoms with E-state index >= 15 is 0 Å². The van der Waals surface area contributed by atoms with E-state index in [1.807, 2.05) is 126 Å². The number of nitrogens with zero attached hydrogens (tertiary/aromatic N) is 4. The topological polar surface area (TPSA) is 69.9 Å². The number of rotatable bonds is 6. The Morgan fingerprint density at radius 2 is 1.06 bits per heavy atom. The van der Waals surface area contributed by atoms with Crippen LogP contribution in [0.4, 0.5) is 0 Å². The molecule has 4 aromatic heterocycles. The molecule has 0 N–H and O–H groups in total. The van der Waals surface area contributed by atoms with Gasteiger partial charge < -0.3 is 8.83 Å². The first kappa shape index (κ1) is 25.9. The van der Waals surface area contributed by atoms with Gasteiger partial charge >= 0.3 is 0 Å². The Morgan fingerprint density at radius 3 is 1.87 bits per heavy atom. The molecule has 13 rings (SSSR count). The average Bonchev–Trinajstić information content (AvgIpc) is 4.14. The van der Waals surface area contributed by atoms with Gasteiger partial charge in [0.05, 0.1) is 26.1 Å². The summed E-state index contributed by atoms with van der Waals surface area (Å²) in [5.41, 5.74) is 5.53. The smallest absolute Gasteiger partial charge is 0.238 e. The van der Waals surface area contributed by atoms with Crippen molar-refractivity contribution < 1.29 is 23.9 Å². The van der Waals surface area contributed by atoms with Gasteiger partial charge in [-0.15, -0.1) is 0 Å². The predicted molar refractivity (Wildman–Crippen MR) is 256 cm³/mol. The van der Waals surface area contributed by atoms with E-state index in [4.69, 9.17) is 34.8 Å². The van der Waals surface area contributed by atoms with Crippen molar-refractivity contribution in [2.75, 3.05) is 0 Å². The van der Waals surface area contributed by atoms with Gasteiger partial charge in [0.15, 0.2) is 11.6 Å². The van der Waals surface area contributed by atoms with Crippen LogP contribution in [-0.4, -0.2) is 19.5 Å². The number of fused-ring (bicyclic) bond motifs is 10. The quantitative estimate of drug-likeness (QED) is 0.167. The van der Waals surface area contributed by atoms with Gasteiger partial charge in [0.2, 0.25) is 5.95 Å². The van der Waals surface area contributed by atoms with Gasteiger partial charge in [-0.1, -0.05) is 164 Å². The van der Waals surface area contributed by atoms with Crippen molar-refractivity contribution in [3.8, 4) is 62.1 Å². The minimum atomic E-state index is -0.697. The SMILES string of the molecule is [2H]c1c([2H])c([2H])c(-c2c([2H])c([2H])c([2H])c3oc4c([2H])c(-c5nc(-c6ccc(-c7ccccc7)cc6)nc(-n6c7cc(-c8ccccc8)ccc7c7c8c(ccc76)oc6ccccc68)n5)c([2H])c([2H])c4c23)c([2H])c1[2H]. The van der Waals surface area contributed by atoms with Gasteiger partial charge in [-0.2, -0.15) is 9.97 Å². The zero-order valence-electron chi connectivity index (χ0n) is 43.9. The first-order chi connectivity index (χ1) is 35.8. The second-order valence-electron chi connectivity index (χ2n) is 15.1. The number of benzene rings is 9. The third kappa shape index (κ3) is 5.69. The van der Waals surface area contributed by atoms with E-state index in [0.717, 1.165) is 60.4 Å². The van der Waals surface area contributed by atoms with Gasteiger partial charge in [0, 0.05) is 43.4 Å². The van der Waals surface area contributed by atoms with Crippen LogP contribution in [0.5, 0.6) is 0 Å². The summed E-state index contributed by atoms with van der Waals surface area (Å²) in [6, 6.07) is 38.5. The lowest BCUT2D eigenvalue weighted by molar-refractivity contribution is 0.669. The molecule has 0 aliphatic carbocycles. The molecule has 0 saturated heterocycles. The van der Waals surface area contributed by atoms with E-state index in [1.165, 1.54) is 0 Å². The molecule has 63 heavy (non-hydrogen) atoms. The summed E-state index contributed by atoms with van der Waals surface area (Å²) in [6.07, 6.45) is 0. The van der Waals surface area contributed by atoms with Crippen LogP contribution in [0.3, 0.4) is 0 Å². The summed E-state index contributed by atoms with van der Waals surface area (Å²) in [5.74, 6) is 0.142. The number of hydrogen-bond donors (Lipinski definition) is 0. The molecule has 6 heteroatoms. The summed E-state index contributed by atoms with van der Waals surface area (Å²) in [4.78, 5) is 15.2. The molecule has 0 atom stereocenters. The van der Waals surface area contributed by atoms with Crippen molar-refractivity contribution in [1.82, 2.24) is 19.5 Å². The maximum absolute atomic E-state index is 9.83. The van der Waals surface area contributed by atoms with Crippen molar-refractivity contribution in [1.29, 1.82) is 0 Å². The van der Waals surface area contributed by atoms with Gasteiger partial charge in [-0.3, -0.25) is 4.57 Å². The standard InChI is InChI=1S/C57H34N4O2/c1-4-13-35(14-5-1)37-23-25-39(26-24-37)55-58-56(41-28-30-45-51(34-41)63-49-22-12-20-42(52(45)49)38-17-8-3-9-18-38)60-57(59-55)61-46-31-32-50-54(44-19-10-11-21-48(44)62-50)53(46)43-29-27-40(33-47(43)61)36-15-6-2-7-16-36/h1-34H/i3D,8D,9D,12D,17D,18D,20D,22D,28D,30D,34D. The largest absolute Gasteiger partial charge is 0.456 e. The van der Waals surface area contributed by atoms with Crippen LogP contribution in [0, 0.1) is 0 Å². The maximum atomic E-state index is 9.83. The van der Waals surface area contributed by atoms with E-state index in [1.54, 1.807) is 0 Å². The first-order valence-corrected chi connectivity index (χ1v) is 20.2. The van der Waals surface area contributed by atoms with E-state index < -0.39 is 72.0 Å². The summed E-state index contributed by atoms with van der Waals surface area (Å²) in [6.45, 7) is 0. The molecule has 0 radical (unpaired) electrons. The predicted octanol–water partition coefficient (Wildman–Crippen LogP) is 15.1. The Balaban J connectivity index is 1.12. The maximum Gasteiger partial charge on any atom is 0.238 e. The Bertz CT molecular complexity index is 4530. The van der Waals surface area contributed by atoms with Crippen LogP contribution in [-0.2, 0) is 0 Å². The van der Waals surface area contributed by atoms with Crippen molar-refractivity contribution in [3.05, 3.63) is 206 Å². The third-order valence-electron chi connectivity index (χ3n) is 11.5. The van der Waals surface area contributed by atoms with Crippen LogP contribution in [0.15, 0.2) is 215 Å². The highest BCUT2D eigenvalue weighted by Crippen LogP contribution is 2.43. The molecule has 4 heterocycles. The number of aromatic nitrogens is 4. The highest BCUT2D eigenvalue weighted by atomic mass is 16.3. The van der Waals surface area contributed by atoms with E-state index in [9.17, 15) is 4.11 Å². The molecule has 6 nitrogen and oxygen atoms in total. The minimum absolute atomic E-state index is 0.124. The fourth-order valence-corrected chi connectivity index (χ4v) is 8.62. The molecule has 0 fully saturated rings. The fourth-order valence-electron chi connectivity index (χ4n) is 8.62. The molecule has 0 unspecified atom stereocenters. The molecule has 0 amide bonds. The van der Waals surface area contributed by atoms with Crippen molar-refractivity contribution in [2.24, 2.45) is 0 Å². The fraction of sp³-hybridized carbons (Fsp3) is 0. The summed E-state index contributed by atoms with van der Waals surface area (Å²) < 4.78 is 113. The lowest BCUT2D eigenvalue weighted by Crippen LogP contribution is -2.06. The third-order valence-corrected chi connectivity index (χ3v) is 11.5. The minimum Gasteiger partial charge on any atom is -0.456 e. The average molecular weight is 818 g/mol. The zero-order chi connectivity index (χ0) is 51.0. The summed E-state index contributed by atoms with van der Waals surface area (Å²) >= 11 is 0. The van der Waals surface area contributed by atoms with E-state index in [-0.39, 0.29) is 50.7 Å². The van der Waals surface area contributed by atoms with Gasteiger partial charge in [-0.25, -0.2) is 4.98 Å². The first-order valence-electron chi connectivity index (χ1n) is 25.7. The Hall–Kier alpha value is -8.61. The molecule has 0 bridgehead atoms. The monoisotopic (exact) mass is 817 g/mol. The highest BCUT2D eigenvalue weighted by molar-refractivity contribution is 6.27. The lowest BCUT2D eigenvalue weighted by atomic mass is 9.99. The molecule has 9 aromatic carbocycles. The van der Waals surface area contributed by atoms with Crippen LogP contribution in [0.1, 0.15) is 15.1 Å². The van der Waals surface area contributed by atoms with E-state index in [0.29, 0.717) is 11.1 Å². The van der Waals surface area contributed by atoms with Crippen molar-refractivity contribution in [2.45, 2.75) is 0 Å². The molecule has 0 spiro atoms. The molecule has 0 saturated carbocycles. The number of hydrogen-bond acceptors (Lipinski definition) is 5. The second kappa shape index (κ2) is 14.0. The van der Waals surface area contributed by atoms with Crippen LogP contribution >= 0.6 is 0 Å². The van der Waals surface area contributed by atoms with Crippen LogP contribution in [0.2, 0.25) is 0 Å². The summed E-state index contributed by atoms with van der Waals surface area (Å²) in [7, 11) is 0. The van der Waals surface area contributed by atoms with Gasteiger partial charge in [0.25, 0.3) is 0 Å². The second-order valence-corrected chi connectivity index (χ2v) is 15.1. The molecule has 13 aromatic rings. The summed E-state index contributed by atoms with van der Waals surface area (Å²) in [5, 5.41) is 3.11. The zero-order valence-corrected chi connectivity index (χ0v) is 32.9. The normalized spacial score (nSPS) is 14.3. The Morgan fingerprint density at radius 1 is 0.381 bits per heavy atom.